The van der Waals surface area contributed by atoms with Gasteiger partial charge in [-0.25, -0.2) is 4.79 Å². The van der Waals surface area contributed by atoms with Crippen molar-refractivity contribution in [2.45, 2.75) is 44.7 Å². The monoisotopic (exact) mass is 391 g/mol. The van der Waals surface area contributed by atoms with E-state index in [4.69, 9.17) is 0 Å². The fourth-order valence-corrected chi connectivity index (χ4v) is 4.53. The number of imide groups is 1. The lowest BCUT2D eigenvalue weighted by molar-refractivity contribution is -0.135. The Bertz CT molecular complexity index is 959. The van der Waals surface area contributed by atoms with Crippen LogP contribution < -0.4 is 10.2 Å². The van der Waals surface area contributed by atoms with E-state index in [9.17, 15) is 14.4 Å². The molecule has 6 nitrogen and oxygen atoms in total. The fourth-order valence-electron chi connectivity index (χ4n) is 4.53. The van der Waals surface area contributed by atoms with Gasteiger partial charge in [-0.15, -0.1) is 0 Å². The summed E-state index contributed by atoms with van der Waals surface area (Å²) in [6.45, 7) is 3.69. The molecule has 2 aliphatic heterocycles. The molecule has 0 spiro atoms. The number of urea groups is 1. The van der Waals surface area contributed by atoms with Gasteiger partial charge in [-0.05, 0) is 37.0 Å². The minimum Gasteiger partial charge on any atom is -0.319 e. The van der Waals surface area contributed by atoms with Crippen LogP contribution in [0.15, 0.2) is 54.6 Å². The molecule has 0 aromatic heterocycles. The molecule has 0 bridgehead atoms. The van der Waals surface area contributed by atoms with Gasteiger partial charge in [0.05, 0.1) is 0 Å². The Hall–Kier alpha value is -3.15. The number of para-hydroxylation sites is 1. The van der Waals surface area contributed by atoms with Crippen molar-refractivity contribution in [1.82, 2.24) is 10.2 Å². The summed E-state index contributed by atoms with van der Waals surface area (Å²) in [6.07, 6.45) is 1.97. The molecular formula is C23H25N3O3. The third-order valence-corrected chi connectivity index (χ3v) is 5.84. The first-order chi connectivity index (χ1) is 14.0. The summed E-state index contributed by atoms with van der Waals surface area (Å²) < 4.78 is 0. The van der Waals surface area contributed by atoms with E-state index in [0.717, 1.165) is 34.6 Å². The van der Waals surface area contributed by atoms with Crippen LogP contribution in [0.25, 0.3) is 0 Å². The lowest BCUT2D eigenvalue weighted by atomic mass is 9.85. The average molecular weight is 391 g/mol. The number of hydrogen-bond acceptors (Lipinski definition) is 3. The molecule has 2 aromatic carbocycles. The van der Waals surface area contributed by atoms with Gasteiger partial charge in [-0.1, -0.05) is 61.9 Å². The highest BCUT2D eigenvalue weighted by Crippen LogP contribution is 2.35. The number of benzene rings is 2. The van der Waals surface area contributed by atoms with Crippen LogP contribution in [0.3, 0.4) is 0 Å². The maximum Gasteiger partial charge on any atom is 0.325 e. The lowest BCUT2D eigenvalue weighted by Crippen LogP contribution is -2.47. The maximum atomic E-state index is 13.4. The van der Waals surface area contributed by atoms with E-state index >= 15 is 0 Å². The first-order valence-electron chi connectivity index (χ1n) is 10.1. The highest BCUT2D eigenvalue weighted by molar-refractivity contribution is 6.11. The SMILES string of the molecule is CCCC1(c2ccccc2)NC(=O)N(CC(=O)N2c3ccccc3CC2C)C1=O. The van der Waals surface area contributed by atoms with Crippen molar-refractivity contribution < 1.29 is 14.4 Å². The number of nitrogens with zero attached hydrogens (tertiary/aromatic N) is 2. The Morgan fingerprint density at radius 3 is 2.52 bits per heavy atom. The molecule has 1 saturated heterocycles. The first-order valence-corrected chi connectivity index (χ1v) is 10.1. The number of amides is 4. The Morgan fingerprint density at radius 2 is 1.79 bits per heavy atom. The van der Waals surface area contributed by atoms with E-state index in [1.807, 2.05) is 68.4 Å². The zero-order valence-electron chi connectivity index (χ0n) is 16.7. The lowest BCUT2D eigenvalue weighted by Gasteiger charge is -2.28. The van der Waals surface area contributed by atoms with Gasteiger partial charge in [0.1, 0.15) is 12.1 Å². The molecule has 2 atom stereocenters. The predicted molar refractivity (Wildman–Crippen MR) is 110 cm³/mol. The van der Waals surface area contributed by atoms with Crippen molar-refractivity contribution in [3.05, 3.63) is 65.7 Å². The van der Waals surface area contributed by atoms with Gasteiger partial charge in [0.15, 0.2) is 0 Å². The Morgan fingerprint density at radius 1 is 1.10 bits per heavy atom. The summed E-state index contributed by atoms with van der Waals surface area (Å²) in [5.74, 6) is -0.602. The van der Waals surface area contributed by atoms with Crippen LogP contribution in [0.1, 0.15) is 37.8 Å². The molecule has 2 aromatic rings. The second-order valence-electron chi connectivity index (χ2n) is 7.79. The van der Waals surface area contributed by atoms with E-state index in [2.05, 4.69) is 5.32 Å². The highest BCUT2D eigenvalue weighted by Gasteiger charge is 2.52. The summed E-state index contributed by atoms with van der Waals surface area (Å²) in [7, 11) is 0. The predicted octanol–water partition coefficient (Wildman–Crippen LogP) is 3.21. The minimum atomic E-state index is -1.11. The molecule has 0 radical (unpaired) electrons. The van der Waals surface area contributed by atoms with Crippen LogP contribution in [0.4, 0.5) is 10.5 Å². The standard InChI is InChI=1S/C23H25N3O3/c1-3-13-23(18-10-5-4-6-11-18)21(28)25(22(29)24-23)15-20(27)26-16(2)14-17-9-7-8-12-19(17)26/h4-12,16H,3,13-15H2,1-2H3,(H,24,29). The van der Waals surface area contributed by atoms with Gasteiger partial charge in [-0.2, -0.15) is 0 Å². The van der Waals surface area contributed by atoms with Gasteiger partial charge < -0.3 is 10.2 Å². The van der Waals surface area contributed by atoms with Crippen molar-refractivity contribution in [1.29, 1.82) is 0 Å². The quantitative estimate of drug-likeness (QED) is 0.796. The molecule has 0 saturated carbocycles. The number of carbonyl (C=O) groups excluding carboxylic acids is 3. The third-order valence-electron chi connectivity index (χ3n) is 5.84. The number of carbonyl (C=O) groups is 3. The summed E-state index contributed by atoms with van der Waals surface area (Å²) in [5, 5.41) is 2.88. The van der Waals surface area contributed by atoms with Gasteiger partial charge in [0.25, 0.3) is 5.91 Å². The van der Waals surface area contributed by atoms with Gasteiger partial charge >= 0.3 is 6.03 Å². The van der Waals surface area contributed by atoms with Crippen LogP contribution in [-0.4, -0.2) is 35.3 Å². The van der Waals surface area contributed by atoms with Crippen molar-refractivity contribution in [3.8, 4) is 0 Å². The average Bonchev–Trinajstić information content (AvgIpc) is 3.18. The van der Waals surface area contributed by atoms with Crippen LogP contribution in [-0.2, 0) is 21.5 Å². The van der Waals surface area contributed by atoms with Crippen LogP contribution in [0.2, 0.25) is 0 Å². The molecule has 4 amide bonds. The van der Waals surface area contributed by atoms with Crippen LogP contribution in [0, 0.1) is 0 Å². The summed E-state index contributed by atoms with van der Waals surface area (Å²) in [4.78, 5) is 42.0. The van der Waals surface area contributed by atoms with Gasteiger partial charge in [0, 0.05) is 11.7 Å². The molecule has 2 unspecified atom stereocenters. The van der Waals surface area contributed by atoms with E-state index in [1.54, 1.807) is 4.90 Å². The highest BCUT2D eigenvalue weighted by atomic mass is 16.2. The van der Waals surface area contributed by atoms with E-state index < -0.39 is 11.6 Å². The molecular weight excluding hydrogens is 366 g/mol. The maximum absolute atomic E-state index is 13.4. The van der Waals surface area contributed by atoms with Crippen molar-refractivity contribution in [2.24, 2.45) is 0 Å². The molecule has 2 aliphatic rings. The van der Waals surface area contributed by atoms with Crippen molar-refractivity contribution >= 4 is 23.5 Å². The smallest absolute Gasteiger partial charge is 0.319 e. The largest absolute Gasteiger partial charge is 0.325 e. The molecule has 6 heteroatoms. The van der Waals surface area contributed by atoms with Crippen LogP contribution in [0.5, 0.6) is 0 Å². The second-order valence-corrected chi connectivity index (χ2v) is 7.79. The Kier molecular flexibility index (Phi) is 4.86. The van der Waals surface area contributed by atoms with Crippen molar-refractivity contribution in [3.63, 3.8) is 0 Å². The molecule has 29 heavy (non-hydrogen) atoms. The number of nitrogens with one attached hydrogen (secondary N) is 1. The van der Waals surface area contributed by atoms with E-state index in [-0.39, 0.29) is 24.4 Å². The summed E-state index contributed by atoms with van der Waals surface area (Å²) in [6, 6.07) is 16.5. The first kappa shape index (κ1) is 19.2. The number of fused-ring (bicyclic) bond motifs is 1. The molecule has 4 rings (SSSR count). The van der Waals surface area contributed by atoms with Gasteiger partial charge in [0.2, 0.25) is 5.91 Å². The molecule has 0 aliphatic carbocycles. The fraction of sp³-hybridized carbons (Fsp3) is 0.348. The van der Waals surface area contributed by atoms with Crippen LogP contribution >= 0.6 is 0 Å². The normalized spacial score (nSPS) is 23.3. The van der Waals surface area contributed by atoms with Gasteiger partial charge in [-0.3, -0.25) is 14.5 Å². The molecule has 2 heterocycles. The van der Waals surface area contributed by atoms with Crippen molar-refractivity contribution in [2.75, 3.05) is 11.4 Å². The van der Waals surface area contributed by atoms with E-state index in [0.29, 0.717) is 6.42 Å². The molecule has 150 valence electrons. The minimum absolute atomic E-state index is 0.00445. The Labute approximate surface area is 170 Å². The zero-order valence-corrected chi connectivity index (χ0v) is 16.7. The number of rotatable bonds is 5. The summed E-state index contributed by atoms with van der Waals surface area (Å²) in [5.41, 5.74) is 1.60. The number of anilines is 1. The zero-order chi connectivity index (χ0) is 20.6. The Balaban J connectivity index is 1.61. The van der Waals surface area contributed by atoms with E-state index in [1.165, 1.54) is 0 Å². The molecule has 1 fully saturated rings. The molecule has 1 N–H and O–H groups in total. The third kappa shape index (κ3) is 3.09. The topological polar surface area (TPSA) is 69.7 Å². The second kappa shape index (κ2) is 7.35. The summed E-state index contributed by atoms with van der Waals surface area (Å²) >= 11 is 0. The number of hydrogen-bond donors (Lipinski definition) is 1.